The zero-order valence-electron chi connectivity index (χ0n) is 10.5. The van der Waals surface area contributed by atoms with Crippen molar-refractivity contribution in [2.45, 2.75) is 26.4 Å². The molecule has 2 rings (SSSR count). The number of nitrogens with zero attached hydrogens (tertiary/aromatic N) is 2. The highest BCUT2D eigenvalue weighted by atomic mass is 16.5. The summed E-state index contributed by atoms with van der Waals surface area (Å²) in [7, 11) is 0. The van der Waals surface area contributed by atoms with Gasteiger partial charge in [0.1, 0.15) is 0 Å². The van der Waals surface area contributed by atoms with Gasteiger partial charge in [-0.2, -0.15) is 0 Å². The number of pyridine rings is 1. The fourth-order valence-electron chi connectivity index (χ4n) is 1.47. The molecule has 0 saturated heterocycles. The van der Waals surface area contributed by atoms with E-state index < -0.39 is 5.60 Å². The van der Waals surface area contributed by atoms with Crippen LogP contribution in [0.1, 0.15) is 29.9 Å². The van der Waals surface area contributed by atoms with Crippen LogP contribution in [0.4, 0.5) is 0 Å². The summed E-state index contributed by atoms with van der Waals surface area (Å²) < 4.78 is 4.96. The summed E-state index contributed by atoms with van der Waals surface area (Å²) in [5.41, 5.74) is 0.569. The number of fused-ring (bicyclic) bond motifs is 1. The fourth-order valence-corrected chi connectivity index (χ4v) is 1.47. The molecule has 0 fully saturated rings. The van der Waals surface area contributed by atoms with Gasteiger partial charge in [-0.3, -0.25) is 4.79 Å². The highest BCUT2D eigenvalue weighted by Crippen LogP contribution is 2.16. The molecule has 0 unspecified atom stereocenters. The lowest BCUT2D eigenvalue weighted by Crippen LogP contribution is -2.38. The van der Waals surface area contributed by atoms with Gasteiger partial charge in [0.15, 0.2) is 0 Å². The van der Waals surface area contributed by atoms with E-state index in [4.69, 9.17) is 4.52 Å². The number of aliphatic hydroxyl groups is 1. The third-order valence-corrected chi connectivity index (χ3v) is 2.45. The maximum Gasteiger partial charge on any atom is 0.257 e. The number of amides is 1. The van der Waals surface area contributed by atoms with Gasteiger partial charge in [-0.1, -0.05) is 5.16 Å². The summed E-state index contributed by atoms with van der Waals surface area (Å²) in [6, 6.07) is 1.67. The second-order valence-electron chi connectivity index (χ2n) is 4.84. The number of nitrogens with one attached hydrogen (secondary N) is 1. The van der Waals surface area contributed by atoms with Gasteiger partial charge in [0, 0.05) is 12.7 Å². The number of aryl methyl sites for hydroxylation is 1. The Morgan fingerprint density at radius 2 is 2.28 bits per heavy atom. The van der Waals surface area contributed by atoms with Gasteiger partial charge in [0.25, 0.3) is 11.6 Å². The van der Waals surface area contributed by atoms with Crippen LogP contribution < -0.4 is 5.32 Å². The lowest BCUT2D eigenvalue weighted by atomic mass is 10.1. The summed E-state index contributed by atoms with van der Waals surface area (Å²) >= 11 is 0. The number of aromatic nitrogens is 2. The molecule has 18 heavy (non-hydrogen) atoms. The van der Waals surface area contributed by atoms with E-state index in [2.05, 4.69) is 15.5 Å². The largest absolute Gasteiger partial charge is 0.389 e. The van der Waals surface area contributed by atoms with Crippen molar-refractivity contribution in [3.8, 4) is 0 Å². The first kappa shape index (κ1) is 12.5. The van der Waals surface area contributed by atoms with E-state index >= 15 is 0 Å². The Morgan fingerprint density at radius 3 is 2.94 bits per heavy atom. The zero-order valence-corrected chi connectivity index (χ0v) is 10.5. The number of carbonyl (C=O) groups excluding carboxylic acids is 1. The first-order chi connectivity index (χ1) is 8.37. The Morgan fingerprint density at radius 1 is 1.56 bits per heavy atom. The molecule has 2 aromatic heterocycles. The second kappa shape index (κ2) is 4.38. The number of carbonyl (C=O) groups is 1. The van der Waals surface area contributed by atoms with Crippen LogP contribution in [0.2, 0.25) is 0 Å². The first-order valence-electron chi connectivity index (χ1n) is 5.59. The predicted molar refractivity (Wildman–Crippen MR) is 65.2 cm³/mol. The quantitative estimate of drug-likeness (QED) is 0.848. The fraction of sp³-hybridized carbons (Fsp3) is 0.417. The van der Waals surface area contributed by atoms with Crippen LogP contribution in [0.25, 0.3) is 11.1 Å². The molecule has 0 aromatic carbocycles. The molecule has 0 aliphatic heterocycles. The van der Waals surface area contributed by atoms with E-state index in [-0.39, 0.29) is 12.5 Å². The SMILES string of the molecule is Cc1noc2ncc(C(=O)NCC(C)(C)O)cc12. The summed E-state index contributed by atoms with van der Waals surface area (Å²) in [5.74, 6) is -0.285. The number of hydrogen-bond acceptors (Lipinski definition) is 5. The van der Waals surface area contributed by atoms with Gasteiger partial charge < -0.3 is 14.9 Å². The van der Waals surface area contributed by atoms with Crippen LogP contribution in [0.5, 0.6) is 0 Å². The summed E-state index contributed by atoms with van der Waals surface area (Å²) in [6.45, 7) is 5.20. The lowest BCUT2D eigenvalue weighted by molar-refractivity contribution is 0.0694. The molecule has 6 nitrogen and oxygen atoms in total. The molecule has 0 atom stereocenters. The van der Waals surface area contributed by atoms with Crippen LogP contribution in [0, 0.1) is 6.92 Å². The molecule has 2 aromatic rings. The van der Waals surface area contributed by atoms with E-state index in [1.807, 2.05) is 0 Å². The smallest absolute Gasteiger partial charge is 0.257 e. The number of rotatable bonds is 3. The van der Waals surface area contributed by atoms with Gasteiger partial charge in [-0.05, 0) is 26.8 Å². The Kier molecular flexibility index (Phi) is 3.04. The minimum absolute atomic E-state index is 0.173. The van der Waals surface area contributed by atoms with E-state index in [0.717, 1.165) is 0 Å². The van der Waals surface area contributed by atoms with Crippen molar-refractivity contribution < 1.29 is 14.4 Å². The zero-order chi connectivity index (χ0) is 13.3. The highest BCUT2D eigenvalue weighted by Gasteiger charge is 2.16. The highest BCUT2D eigenvalue weighted by molar-refractivity contribution is 5.96. The monoisotopic (exact) mass is 249 g/mol. The Balaban J connectivity index is 2.20. The summed E-state index contributed by atoms with van der Waals surface area (Å²) in [4.78, 5) is 15.9. The Hall–Kier alpha value is -1.95. The van der Waals surface area contributed by atoms with Crippen LogP contribution in [0.15, 0.2) is 16.8 Å². The molecule has 2 N–H and O–H groups in total. The predicted octanol–water partition coefficient (Wildman–Crippen LogP) is 1.03. The molecular formula is C12H15N3O3. The van der Waals surface area contributed by atoms with Crippen LogP contribution >= 0.6 is 0 Å². The van der Waals surface area contributed by atoms with Gasteiger partial charge >= 0.3 is 0 Å². The summed E-state index contributed by atoms with van der Waals surface area (Å²) in [6.07, 6.45) is 1.42. The molecule has 0 aliphatic carbocycles. The van der Waals surface area contributed by atoms with Crippen molar-refractivity contribution in [1.82, 2.24) is 15.5 Å². The van der Waals surface area contributed by atoms with E-state index in [1.165, 1.54) is 6.20 Å². The molecule has 0 radical (unpaired) electrons. The van der Waals surface area contributed by atoms with Crippen LogP contribution in [-0.2, 0) is 0 Å². The minimum Gasteiger partial charge on any atom is -0.389 e. The van der Waals surface area contributed by atoms with Crippen LogP contribution in [-0.4, -0.2) is 33.3 Å². The average molecular weight is 249 g/mol. The van der Waals surface area contributed by atoms with E-state index in [9.17, 15) is 9.90 Å². The van der Waals surface area contributed by atoms with Gasteiger partial charge in [-0.25, -0.2) is 4.98 Å². The minimum atomic E-state index is -0.944. The molecule has 2 heterocycles. The van der Waals surface area contributed by atoms with Gasteiger partial charge in [-0.15, -0.1) is 0 Å². The molecule has 6 heteroatoms. The molecule has 1 amide bonds. The maximum absolute atomic E-state index is 11.9. The lowest BCUT2D eigenvalue weighted by Gasteiger charge is -2.17. The van der Waals surface area contributed by atoms with E-state index in [0.29, 0.717) is 22.4 Å². The van der Waals surface area contributed by atoms with Gasteiger partial charge in [0.05, 0.1) is 22.2 Å². The van der Waals surface area contributed by atoms with Crippen molar-refractivity contribution in [1.29, 1.82) is 0 Å². The first-order valence-corrected chi connectivity index (χ1v) is 5.59. The molecule has 0 aliphatic rings. The topological polar surface area (TPSA) is 88.2 Å². The number of hydrogen-bond donors (Lipinski definition) is 2. The van der Waals surface area contributed by atoms with Crippen molar-refractivity contribution in [3.63, 3.8) is 0 Å². The third kappa shape index (κ3) is 2.65. The third-order valence-electron chi connectivity index (χ3n) is 2.45. The molecular weight excluding hydrogens is 234 g/mol. The molecule has 96 valence electrons. The second-order valence-corrected chi connectivity index (χ2v) is 4.84. The van der Waals surface area contributed by atoms with Crippen LogP contribution in [0.3, 0.4) is 0 Å². The normalized spacial score (nSPS) is 11.8. The van der Waals surface area contributed by atoms with Crippen molar-refractivity contribution >= 4 is 17.0 Å². The molecule has 0 saturated carbocycles. The Bertz CT molecular complexity index is 584. The van der Waals surface area contributed by atoms with E-state index in [1.54, 1.807) is 26.8 Å². The van der Waals surface area contributed by atoms with Gasteiger partial charge in [0.2, 0.25) is 0 Å². The maximum atomic E-state index is 11.9. The average Bonchev–Trinajstić information content (AvgIpc) is 2.67. The van der Waals surface area contributed by atoms with Crippen molar-refractivity contribution in [3.05, 3.63) is 23.5 Å². The molecule has 0 bridgehead atoms. The van der Waals surface area contributed by atoms with Crippen molar-refractivity contribution in [2.24, 2.45) is 0 Å². The Labute approximate surface area is 104 Å². The summed E-state index contributed by atoms with van der Waals surface area (Å²) in [5, 5.41) is 16.7. The standard InChI is InChI=1S/C12H15N3O3/c1-7-9-4-8(5-13-11(9)18-15-7)10(16)14-6-12(2,3)17/h4-5,17H,6H2,1-3H3,(H,14,16). The molecule has 0 spiro atoms. The van der Waals surface area contributed by atoms with Crippen molar-refractivity contribution in [2.75, 3.05) is 6.54 Å².